The van der Waals surface area contributed by atoms with Crippen molar-refractivity contribution in [2.24, 2.45) is 17.7 Å². The van der Waals surface area contributed by atoms with Crippen LogP contribution in [0.4, 0.5) is 5.82 Å². The van der Waals surface area contributed by atoms with Crippen LogP contribution in [0.1, 0.15) is 49.2 Å². The van der Waals surface area contributed by atoms with Crippen molar-refractivity contribution in [1.29, 1.82) is 0 Å². The highest BCUT2D eigenvalue weighted by Gasteiger charge is 2.27. The molecule has 0 aromatic carbocycles. The molecule has 0 saturated heterocycles. The number of aromatic nitrogens is 1. The average Bonchev–Trinajstić information content (AvgIpc) is 3.29. The van der Waals surface area contributed by atoms with Crippen LogP contribution in [0.25, 0.3) is 0 Å². The summed E-state index contributed by atoms with van der Waals surface area (Å²) >= 11 is 0. The average molecular weight is 276 g/mol. The lowest BCUT2D eigenvalue weighted by molar-refractivity contribution is 0.0946. The fourth-order valence-electron chi connectivity index (χ4n) is 2.36. The molecule has 5 heteroatoms. The van der Waals surface area contributed by atoms with E-state index in [1.165, 1.54) is 12.8 Å². The third-order valence-electron chi connectivity index (χ3n) is 3.81. The number of nitrogens with zero attached hydrogens (tertiary/aromatic N) is 1. The van der Waals surface area contributed by atoms with Crippen LogP contribution < -0.4 is 16.6 Å². The quantitative estimate of drug-likeness (QED) is 0.526. The van der Waals surface area contributed by atoms with Crippen LogP contribution >= 0.6 is 0 Å². The summed E-state index contributed by atoms with van der Waals surface area (Å²) < 4.78 is 0. The molecule has 0 aliphatic heterocycles. The van der Waals surface area contributed by atoms with Crippen LogP contribution in [0.15, 0.2) is 12.1 Å². The Kier molecular flexibility index (Phi) is 4.95. The molecular weight excluding hydrogens is 252 g/mol. The van der Waals surface area contributed by atoms with E-state index in [1.54, 1.807) is 6.07 Å². The van der Waals surface area contributed by atoms with E-state index in [0.29, 0.717) is 17.3 Å². The van der Waals surface area contributed by atoms with E-state index >= 15 is 0 Å². The molecular formula is C15H24N4O. The minimum Gasteiger partial charge on any atom is -0.352 e. The number of hydrogen-bond donors (Lipinski definition) is 3. The lowest BCUT2D eigenvalue weighted by Crippen LogP contribution is -2.29. The first-order chi connectivity index (χ1) is 9.63. The zero-order chi connectivity index (χ0) is 14.5. The molecule has 1 aromatic heterocycles. The molecule has 0 bridgehead atoms. The smallest absolute Gasteiger partial charge is 0.251 e. The van der Waals surface area contributed by atoms with Gasteiger partial charge in [0.15, 0.2) is 0 Å². The summed E-state index contributed by atoms with van der Waals surface area (Å²) in [6.07, 6.45) is 4.43. The van der Waals surface area contributed by atoms with Crippen molar-refractivity contribution < 1.29 is 4.79 Å². The molecule has 1 amide bonds. The molecule has 20 heavy (non-hydrogen) atoms. The zero-order valence-electron chi connectivity index (χ0n) is 12.3. The fourth-order valence-corrected chi connectivity index (χ4v) is 2.36. The van der Waals surface area contributed by atoms with E-state index in [2.05, 4.69) is 29.6 Å². The number of carbonyl (C=O) groups excluding carboxylic acids is 1. The number of nitrogen functional groups attached to an aromatic ring is 1. The molecule has 0 radical (unpaired) electrons. The number of anilines is 1. The highest BCUT2D eigenvalue weighted by atomic mass is 16.1. The zero-order valence-corrected chi connectivity index (χ0v) is 12.3. The summed E-state index contributed by atoms with van der Waals surface area (Å²) in [5, 5.41) is 3.01. The lowest BCUT2D eigenvalue weighted by atomic mass is 10.1. The second-order valence-electron chi connectivity index (χ2n) is 5.65. The number of aryl methyl sites for hydroxylation is 1. The predicted octanol–water partition coefficient (Wildman–Crippen LogP) is 2.10. The number of nitrogens with one attached hydrogen (secondary N) is 2. The molecule has 1 fully saturated rings. The van der Waals surface area contributed by atoms with E-state index in [0.717, 1.165) is 31.0 Å². The minimum absolute atomic E-state index is 0.0475. The second-order valence-corrected chi connectivity index (χ2v) is 5.65. The number of nitrogens with two attached hydrogens (primary N) is 1. The number of carbonyl (C=O) groups is 1. The first-order valence-corrected chi connectivity index (χ1v) is 7.39. The van der Waals surface area contributed by atoms with Gasteiger partial charge in [0.2, 0.25) is 0 Å². The van der Waals surface area contributed by atoms with Gasteiger partial charge in [-0.3, -0.25) is 4.79 Å². The van der Waals surface area contributed by atoms with Gasteiger partial charge in [-0.05, 0) is 43.2 Å². The van der Waals surface area contributed by atoms with Crippen molar-refractivity contribution in [2.75, 3.05) is 12.0 Å². The summed E-state index contributed by atoms with van der Waals surface area (Å²) in [4.78, 5) is 16.6. The molecule has 1 heterocycles. The van der Waals surface area contributed by atoms with Crippen LogP contribution in [0, 0.1) is 11.8 Å². The Bertz CT molecular complexity index is 471. The number of rotatable bonds is 7. The standard InChI is InChI=1S/C15H24N4O/c1-3-4-13-7-12(8-14(18-13)19-16)15(20)17-9-10(2)11-5-6-11/h7-8,10-11H,3-6,9,16H2,1-2H3,(H,17,20)(H,18,19). The number of amides is 1. The molecule has 1 aliphatic rings. The van der Waals surface area contributed by atoms with Crippen LogP contribution in [0.2, 0.25) is 0 Å². The Morgan fingerprint density at radius 2 is 2.25 bits per heavy atom. The minimum atomic E-state index is -0.0475. The highest BCUT2D eigenvalue weighted by molar-refractivity contribution is 5.95. The summed E-state index contributed by atoms with van der Waals surface area (Å²) in [5.74, 6) is 7.26. The summed E-state index contributed by atoms with van der Waals surface area (Å²) in [7, 11) is 0. The van der Waals surface area contributed by atoms with Crippen molar-refractivity contribution in [3.8, 4) is 0 Å². The van der Waals surface area contributed by atoms with Crippen molar-refractivity contribution in [1.82, 2.24) is 10.3 Å². The van der Waals surface area contributed by atoms with E-state index in [-0.39, 0.29) is 5.91 Å². The Labute approximate surface area is 120 Å². The molecule has 5 nitrogen and oxygen atoms in total. The normalized spacial score (nSPS) is 15.8. The van der Waals surface area contributed by atoms with Crippen LogP contribution in [0.5, 0.6) is 0 Å². The molecule has 4 N–H and O–H groups in total. The molecule has 0 spiro atoms. The SMILES string of the molecule is CCCc1cc(C(=O)NCC(C)C2CC2)cc(NN)n1. The van der Waals surface area contributed by atoms with Gasteiger partial charge in [0.1, 0.15) is 5.82 Å². The van der Waals surface area contributed by atoms with Gasteiger partial charge in [0.05, 0.1) is 0 Å². The Hall–Kier alpha value is -1.62. The molecule has 1 unspecified atom stereocenters. The monoisotopic (exact) mass is 276 g/mol. The topological polar surface area (TPSA) is 80.0 Å². The highest BCUT2D eigenvalue weighted by Crippen LogP contribution is 2.36. The van der Waals surface area contributed by atoms with E-state index in [1.807, 2.05) is 6.07 Å². The van der Waals surface area contributed by atoms with Gasteiger partial charge >= 0.3 is 0 Å². The van der Waals surface area contributed by atoms with Crippen molar-refractivity contribution >= 4 is 11.7 Å². The number of pyridine rings is 1. The molecule has 1 saturated carbocycles. The van der Waals surface area contributed by atoms with E-state index in [4.69, 9.17) is 5.84 Å². The molecule has 2 rings (SSSR count). The number of hydrazine groups is 1. The van der Waals surface area contributed by atoms with Gasteiger partial charge in [-0.1, -0.05) is 20.3 Å². The first-order valence-electron chi connectivity index (χ1n) is 7.39. The fraction of sp³-hybridized carbons (Fsp3) is 0.600. The third-order valence-corrected chi connectivity index (χ3v) is 3.81. The van der Waals surface area contributed by atoms with Gasteiger partial charge in [0.25, 0.3) is 5.91 Å². The van der Waals surface area contributed by atoms with Crippen molar-refractivity contribution in [3.05, 3.63) is 23.4 Å². The lowest BCUT2D eigenvalue weighted by Gasteiger charge is -2.12. The van der Waals surface area contributed by atoms with E-state index in [9.17, 15) is 4.79 Å². The molecule has 1 aromatic rings. The molecule has 1 atom stereocenters. The maximum Gasteiger partial charge on any atom is 0.251 e. The second kappa shape index (κ2) is 6.70. The van der Waals surface area contributed by atoms with Gasteiger partial charge in [-0.25, -0.2) is 10.8 Å². The van der Waals surface area contributed by atoms with Crippen LogP contribution in [0.3, 0.4) is 0 Å². The molecule has 110 valence electrons. The van der Waals surface area contributed by atoms with Crippen molar-refractivity contribution in [3.63, 3.8) is 0 Å². The van der Waals surface area contributed by atoms with Crippen LogP contribution in [-0.4, -0.2) is 17.4 Å². The third kappa shape index (κ3) is 3.93. The van der Waals surface area contributed by atoms with Crippen LogP contribution in [-0.2, 0) is 6.42 Å². The summed E-state index contributed by atoms with van der Waals surface area (Å²) in [6, 6.07) is 3.54. The number of hydrogen-bond acceptors (Lipinski definition) is 4. The maximum atomic E-state index is 12.2. The van der Waals surface area contributed by atoms with E-state index < -0.39 is 0 Å². The van der Waals surface area contributed by atoms with Gasteiger partial charge in [-0.2, -0.15) is 0 Å². The van der Waals surface area contributed by atoms with Crippen molar-refractivity contribution in [2.45, 2.75) is 39.5 Å². The maximum absolute atomic E-state index is 12.2. The predicted molar refractivity (Wildman–Crippen MR) is 80.3 cm³/mol. The summed E-state index contributed by atoms with van der Waals surface area (Å²) in [5.41, 5.74) is 4.04. The van der Waals surface area contributed by atoms with Gasteiger partial charge < -0.3 is 10.7 Å². The molecule has 1 aliphatic carbocycles. The summed E-state index contributed by atoms with van der Waals surface area (Å²) in [6.45, 7) is 5.02. The van der Waals surface area contributed by atoms with Gasteiger partial charge in [0, 0.05) is 17.8 Å². The first kappa shape index (κ1) is 14.8. The Morgan fingerprint density at radius 1 is 1.50 bits per heavy atom. The Morgan fingerprint density at radius 3 is 2.85 bits per heavy atom. The van der Waals surface area contributed by atoms with Gasteiger partial charge in [-0.15, -0.1) is 0 Å². The Balaban J connectivity index is 2.01. The largest absolute Gasteiger partial charge is 0.352 e.